The van der Waals surface area contributed by atoms with E-state index in [4.69, 9.17) is 11.6 Å². The van der Waals surface area contributed by atoms with Crippen molar-refractivity contribution in [2.75, 3.05) is 0 Å². The number of hydrogen-bond donors (Lipinski definition) is 0. The van der Waals surface area contributed by atoms with E-state index in [0.717, 1.165) is 30.7 Å². The highest BCUT2D eigenvalue weighted by Crippen LogP contribution is 2.25. The maximum absolute atomic E-state index is 6.11. The van der Waals surface area contributed by atoms with Gasteiger partial charge in [0.1, 0.15) is 0 Å². The second kappa shape index (κ2) is 14.9. The molecule has 0 amide bonds. The summed E-state index contributed by atoms with van der Waals surface area (Å²) >= 11 is 6.11. The van der Waals surface area contributed by atoms with Crippen molar-refractivity contribution in [3.63, 3.8) is 0 Å². The van der Waals surface area contributed by atoms with Crippen LogP contribution in [0.1, 0.15) is 85.5 Å². The van der Waals surface area contributed by atoms with E-state index in [2.05, 4.69) is 121 Å². The Labute approximate surface area is 242 Å². The molecule has 0 aliphatic rings. The van der Waals surface area contributed by atoms with Crippen molar-refractivity contribution in [3.8, 4) is 0 Å². The number of allylic oxidation sites excluding steroid dienone is 2. The highest BCUT2D eigenvalue weighted by atomic mass is 35.5. The number of halogens is 1. The maximum atomic E-state index is 6.11. The molecule has 0 unspecified atom stereocenters. The Morgan fingerprint density at radius 1 is 0.692 bits per heavy atom. The average Bonchev–Trinajstić information content (AvgIpc) is 2.92. The van der Waals surface area contributed by atoms with Gasteiger partial charge in [-0.3, -0.25) is 0 Å². The molecule has 0 aromatic heterocycles. The second-order valence-electron chi connectivity index (χ2n) is 11.3. The molecule has 0 aliphatic heterocycles. The first-order valence-electron chi connectivity index (χ1n) is 14.3. The lowest BCUT2D eigenvalue weighted by Crippen LogP contribution is -1.96. The van der Waals surface area contributed by atoms with Crippen molar-refractivity contribution >= 4 is 17.2 Å². The van der Waals surface area contributed by atoms with Crippen LogP contribution in [0.3, 0.4) is 0 Å². The van der Waals surface area contributed by atoms with Gasteiger partial charge in [0.2, 0.25) is 0 Å². The molecule has 0 bridgehead atoms. The van der Waals surface area contributed by atoms with E-state index in [1.54, 1.807) is 0 Å². The fourth-order valence-electron chi connectivity index (χ4n) is 4.75. The lowest BCUT2D eigenvalue weighted by atomic mass is 9.93. The van der Waals surface area contributed by atoms with Gasteiger partial charge in [0.25, 0.3) is 0 Å². The summed E-state index contributed by atoms with van der Waals surface area (Å²) in [5, 5.41) is 0.845. The lowest BCUT2D eigenvalue weighted by molar-refractivity contribution is 0.647. The van der Waals surface area contributed by atoms with Crippen LogP contribution < -0.4 is 0 Å². The number of benzene rings is 4. The van der Waals surface area contributed by atoms with Gasteiger partial charge >= 0.3 is 0 Å². The summed E-state index contributed by atoms with van der Waals surface area (Å²) in [5.74, 6) is 0.715. The minimum absolute atomic E-state index is 0.715. The topological polar surface area (TPSA) is 0 Å². The number of aryl methyl sites for hydroxylation is 2. The molecular weight excluding hydrogens is 492 g/mol. The standard InChI is InChI=1S/C24H32.C14H13Cl/c1-7-18(4)20(6)24-16-23(9-8-19(24)5)15-22-12-10-21(11-13-22)14-17(2)3;1-11-6-8-12(9-7-11)10-13-4-2-3-5-14(13)15/h8-13,16-17H,7,14-15H2,1-6H3;2-9H,10H2,1H3/b20-18+;. The summed E-state index contributed by atoms with van der Waals surface area (Å²) in [6, 6.07) is 32.6. The molecule has 204 valence electrons. The van der Waals surface area contributed by atoms with Crippen LogP contribution in [0.2, 0.25) is 5.02 Å². The van der Waals surface area contributed by atoms with Gasteiger partial charge in [-0.25, -0.2) is 0 Å². The predicted octanol–water partition coefficient (Wildman–Crippen LogP) is 11.2. The van der Waals surface area contributed by atoms with Gasteiger partial charge in [0.05, 0.1) is 0 Å². The Hall–Kier alpha value is -3.09. The van der Waals surface area contributed by atoms with E-state index in [1.807, 2.05) is 18.2 Å². The Bertz CT molecular complexity index is 1360. The zero-order valence-electron chi connectivity index (χ0n) is 24.9. The quantitative estimate of drug-likeness (QED) is 0.210. The van der Waals surface area contributed by atoms with E-state index >= 15 is 0 Å². The Morgan fingerprint density at radius 2 is 1.26 bits per heavy atom. The summed E-state index contributed by atoms with van der Waals surface area (Å²) in [7, 11) is 0. The van der Waals surface area contributed by atoms with Gasteiger partial charge in [-0.2, -0.15) is 0 Å². The largest absolute Gasteiger partial charge is 0.0840 e. The van der Waals surface area contributed by atoms with Crippen molar-refractivity contribution in [2.45, 2.75) is 74.1 Å². The third-order valence-electron chi connectivity index (χ3n) is 7.42. The zero-order chi connectivity index (χ0) is 28.4. The molecule has 0 spiro atoms. The molecule has 4 aromatic rings. The molecule has 0 saturated heterocycles. The van der Waals surface area contributed by atoms with E-state index in [-0.39, 0.29) is 0 Å². The van der Waals surface area contributed by atoms with Crippen LogP contribution in [-0.2, 0) is 19.3 Å². The minimum Gasteiger partial charge on any atom is -0.0840 e. The molecule has 0 nitrogen and oxygen atoms in total. The van der Waals surface area contributed by atoms with E-state index in [9.17, 15) is 0 Å². The smallest absolute Gasteiger partial charge is 0.0441 e. The first kappa shape index (κ1) is 30.5. The number of rotatable bonds is 8. The molecular formula is C38H45Cl. The van der Waals surface area contributed by atoms with Crippen LogP contribution in [0.4, 0.5) is 0 Å². The molecule has 0 radical (unpaired) electrons. The molecule has 0 heterocycles. The third-order valence-corrected chi connectivity index (χ3v) is 7.79. The van der Waals surface area contributed by atoms with Crippen LogP contribution in [-0.4, -0.2) is 0 Å². The zero-order valence-corrected chi connectivity index (χ0v) is 25.7. The predicted molar refractivity (Wildman–Crippen MR) is 173 cm³/mol. The molecule has 0 fully saturated rings. The van der Waals surface area contributed by atoms with E-state index in [0.29, 0.717) is 5.92 Å². The van der Waals surface area contributed by atoms with Gasteiger partial charge in [0, 0.05) is 5.02 Å². The SMILES string of the molecule is CC/C(C)=C(\C)c1cc(Cc2ccc(CC(C)C)cc2)ccc1C.Cc1ccc(Cc2ccccc2Cl)cc1. The van der Waals surface area contributed by atoms with Crippen molar-refractivity contribution < 1.29 is 0 Å². The molecule has 39 heavy (non-hydrogen) atoms. The first-order chi connectivity index (χ1) is 18.7. The number of hydrogen-bond acceptors (Lipinski definition) is 0. The van der Waals surface area contributed by atoms with Crippen LogP contribution >= 0.6 is 11.6 Å². The monoisotopic (exact) mass is 536 g/mol. The van der Waals surface area contributed by atoms with E-state index in [1.165, 1.54) is 55.7 Å². The van der Waals surface area contributed by atoms with Gasteiger partial charge in [-0.1, -0.05) is 128 Å². The van der Waals surface area contributed by atoms with E-state index < -0.39 is 0 Å². The normalized spacial score (nSPS) is 11.6. The van der Waals surface area contributed by atoms with Crippen LogP contribution in [0.15, 0.2) is 96.6 Å². The Morgan fingerprint density at radius 3 is 1.87 bits per heavy atom. The molecule has 0 saturated carbocycles. The summed E-state index contributed by atoms with van der Waals surface area (Å²) in [4.78, 5) is 0. The molecule has 0 aliphatic carbocycles. The highest BCUT2D eigenvalue weighted by molar-refractivity contribution is 6.31. The third kappa shape index (κ3) is 9.55. The van der Waals surface area contributed by atoms with Crippen molar-refractivity contribution in [2.24, 2.45) is 5.92 Å². The maximum Gasteiger partial charge on any atom is 0.0441 e. The summed E-state index contributed by atoms with van der Waals surface area (Å²) in [6.07, 6.45) is 4.19. The Kier molecular flexibility index (Phi) is 11.6. The van der Waals surface area contributed by atoms with Crippen molar-refractivity contribution in [1.82, 2.24) is 0 Å². The molecule has 0 N–H and O–H groups in total. The lowest BCUT2D eigenvalue weighted by Gasteiger charge is -2.13. The molecule has 4 rings (SSSR count). The average molecular weight is 537 g/mol. The molecule has 0 atom stereocenters. The summed E-state index contributed by atoms with van der Waals surface area (Å²) < 4.78 is 0. The molecule has 4 aromatic carbocycles. The minimum atomic E-state index is 0.715. The van der Waals surface area contributed by atoms with Gasteiger partial charge in [0.15, 0.2) is 0 Å². The van der Waals surface area contributed by atoms with Crippen LogP contribution in [0, 0.1) is 19.8 Å². The van der Waals surface area contributed by atoms with Gasteiger partial charge < -0.3 is 0 Å². The van der Waals surface area contributed by atoms with Crippen LogP contribution in [0.25, 0.3) is 5.57 Å². The Balaban J connectivity index is 0.000000239. The summed E-state index contributed by atoms with van der Waals surface area (Å²) in [6.45, 7) is 15.6. The fourth-order valence-corrected chi connectivity index (χ4v) is 4.95. The highest BCUT2D eigenvalue weighted by Gasteiger charge is 2.06. The van der Waals surface area contributed by atoms with Crippen LogP contribution in [0.5, 0.6) is 0 Å². The van der Waals surface area contributed by atoms with Gasteiger partial charge in [-0.05, 0) is 110 Å². The molecule has 1 heteroatoms. The van der Waals surface area contributed by atoms with Crippen molar-refractivity contribution in [3.05, 3.63) is 146 Å². The summed E-state index contributed by atoms with van der Waals surface area (Å²) in [5.41, 5.74) is 13.7. The van der Waals surface area contributed by atoms with Gasteiger partial charge in [-0.15, -0.1) is 0 Å². The fraction of sp³-hybridized carbons (Fsp3) is 0.316. The first-order valence-corrected chi connectivity index (χ1v) is 14.7. The van der Waals surface area contributed by atoms with Crippen molar-refractivity contribution in [1.29, 1.82) is 0 Å². The second-order valence-corrected chi connectivity index (χ2v) is 11.7.